The number of furan rings is 1. The Balaban J connectivity index is 2.28. The van der Waals surface area contributed by atoms with Crippen LogP contribution in [0.2, 0.25) is 5.02 Å². The Morgan fingerprint density at radius 1 is 1.24 bits per heavy atom. The minimum absolute atomic E-state index is 0.573. The zero-order chi connectivity index (χ0) is 11.8. The molecule has 0 N–H and O–H groups in total. The summed E-state index contributed by atoms with van der Waals surface area (Å²) in [6, 6.07) is 5.58. The van der Waals surface area contributed by atoms with E-state index in [-0.39, 0.29) is 0 Å². The number of hydrogen-bond acceptors (Lipinski definition) is 3. The smallest absolute Gasteiger partial charge is 0.155 e. The number of fused-ring (bicyclic) bond motifs is 1. The summed E-state index contributed by atoms with van der Waals surface area (Å²) in [5.74, 6) is 0.803. The van der Waals surface area contributed by atoms with E-state index in [2.05, 4.69) is 32.6 Å². The molecule has 0 aliphatic rings. The number of hydrogen-bond donors (Lipinski definition) is 0. The largest absolute Gasteiger partial charge is 0.453 e. The Kier molecular flexibility index (Phi) is 2.76. The Morgan fingerprint density at radius 2 is 2.00 bits per heavy atom. The van der Waals surface area contributed by atoms with Crippen molar-refractivity contribution >= 4 is 45.3 Å². The maximum absolute atomic E-state index is 5.89. The maximum Gasteiger partial charge on any atom is 0.155 e. The lowest BCUT2D eigenvalue weighted by molar-refractivity contribution is 0.629. The Morgan fingerprint density at radius 3 is 2.76 bits per heavy atom. The average Bonchev–Trinajstić information content (AvgIpc) is 2.67. The molecular formula is C12H6ClIN2O. The molecule has 3 aromatic heterocycles. The predicted octanol–water partition coefficient (Wildman–Crippen LogP) is 4.15. The normalized spacial score (nSPS) is 10.9. The van der Waals surface area contributed by atoms with Gasteiger partial charge in [0.25, 0.3) is 0 Å². The molecule has 0 aliphatic carbocycles. The maximum atomic E-state index is 5.89. The van der Waals surface area contributed by atoms with E-state index in [0.29, 0.717) is 10.6 Å². The van der Waals surface area contributed by atoms with Gasteiger partial charge >= 0.3 is 0 Å². The Labute approximate surface area is 116 Å². The van der Waals surface area contributed by atoms with Crippen molar-refractivity contribution < 1.29 is 4.42 Å². The second kappa shape index (κ2) is 4.27. The number of halogens is 2. The summed E-state index contributed by atoms with van der Waals surface area (Å²) in [6.45, 7) is 0. The van der Waals surface area contributed by atoms with Crippen molar-refractivity contribution in [2.45, 2.75) is 0 Å². The van der Waals surface area contributed by atoms with E-state index in [4.69, 9.17) is 16.0 Å². The van der Waals surface area contributed by atoms with Crippen molar-refractivity contribution in [2.24, 2.45) is 0 Å². The molecule has 17 heavy (non-hydrogen) atoms. The molecule has 3 rings (SSSR count). The topological polar surface area (TPSA) is 38.9 Å². The van der Waals surface area contributed by atoms with Crippen molar-refractivity contribution in [2.75, 3.05) is 0 Å². The van der Waals surface area contributed by atoms with Gasteiger partial charge in [0.1, 0.15) is 5.52 Å². The molecule has 3 aromatic rings. The van der Waals surface area contributed by atoms with Gasteiger partial charge in [-0.15, -0.1) is 0 Å². The van der Waals surface area contributed by atoms with Crippen LogP contribution in [0.4, 0.5) is 0 Å². The second-order valence-electron chi connectivity index (χ2n) is 3.48. The molecule has 0 saturated carbocycles. The first-order valence-corrected chi connectivity index (χ1v) is 6.35. The molecule has 0 amide bonds. The first-order chi connectivity index (χ1) is 8.25. The lowest BCUT2D eigenvalue weighted by Crippen LogP contribution is -1.79. The van der Waals surface area contributed by atoms with Crippen molar-refractivity contribution in [3.8, 4) is 11.3 Å². The molecule has 0 radical (unpaired) electrons. The molecule has 0 unspecified atom stereocenters. The first-order valence-electron chi connectivity index (χ1n) is 4.89. The van der Waals surface area contributed by atoms with Gasteiger partial charge < -0.3 is 4.42 Å². The number of rotatable bonds is 1. The van der Waals surface area contributed by atoms with Gasteiger partial charge in [-0.25, -0.2) is 0 Å². The van der Waals surface area contributed by atoms with E-state index in [9.17, 15) is 0 Å². The third-order valence-electron chi connectivity index (χ3n) is 2.38. The van der Waals surface area contributed by atoms with Crippen LogP contribution in [0.1, 0.15) is 0 Å². The van der Waals surface area contributed by atoms with Crippen molar-refractivity contribution in [3.63, 3.8) is 0 Å². The van der Waals surface area contributed by atoms with Crippen molar-refractivity contribution in [3.05, 3.63) is 45.4 Å². The van der Waals surface area contributed by atoms with E-state index in [1.165, 1.54) is 0 Å². The van der Waals surface area contributed by atoms with Gasteiger partial charge in [0.15, 0.2) is 11.3 Å². The summed E-state index contributed by atoms with van der Waals surface area (Å²) in [4.78, 5) is 8.27. The van der Waals surface area contributed by atoms with Crippen LogP contribution in [0, 0.1) is 3.57 Å². The standard InChI is InChI=1S/C12H6ClIN2O/c13-8-5-9-11(16-6-8)10(14)12(17-9)7-1-3-15-4-2-7/h1-6H. The lowest BCUT2D eigenvalue weighted by Gasteiger charge is -1.95. The van der Waals surface area contributed by atoms with E-state index in [1.807, 2.05) is 12.1 Å². The molecule has 0 atom stereocenters. The van der Waals surface area contributed by atoms with Crippen LogP contribution in [-0.2, 0) is 0 Å². The van der Waals surface area contributed by atoms with Gasteiger partial charge in [-0.05, 0) is 34.7 Å². The predicted molar refractivity (Wildman–Crippen MR) is 75.0 cm³/mol. The molecule has 0 bridgehead atoms. The molecule has 0 aliphatic heterocycles. The molecule has 0 aromatic carbocycles. The highest BCUT2D eigenvalue weighted by Crippen LogP contribution is 2.33. The van der Waals surface area contributed by atoms with Crippen molar-refractivity contribution in [1.29, 1.82) is 0 Å². The monoisotopic (exact) mass is 356 g/mol. The number of aromatic nitrogens is 2. The third-order valence-corrected chi connectivity index (χ3v) is 3.59. The number of nitrogens with zero attached hydrogens (tertiary/aromatic N) is 2. The van der Waals surface area contributed by atoms with E-state index < -0.39 is 0 Å². The van der Waals surface area contributed by atoms with Crippen LogP contribution in [0.15, 0.2) is 41.2 Å². The SMILES string of the molecule is Clc1cnc2c(I)c(-c3ccncc3)oc2c1. The van der Waals surface area contributed by atoms with Crippen LogP contribution < -0.4 is 0 Å². The molecule has 0 saturated heterocycles. The van der Waals surface area contributed by atoms with Crippen LogP contribution in [-0.4, -0.2) is 9.97 Å². The van der Waals surface area contributed by atoms with Crippen LogP contribution in [0.5, 0.6) is 0 Å². The van der Waals surface area contributed by atoms with E-state index >= 15 is 0 Å². The summed E-state index contributed by atoms with van der Waals surface area (Å²) in [7, 11) is 0. The van der Waals surface area contributed by atoms with Gasteiger partial charge in [-0.3, -0.25) is 9.97 Å². The highest BCUT2D eigenvalue weighted by atomic mass is 127. The molecule has 5 heteroatoms. The molecule has 3 nitrogen and oxygen atoms in total. The van der Waals surface area contributed by atoms with Gasteiger partial charge in [-0.1, -0.05) is 11.6 Å². The average molecular weight is 357 g/mol. The highest BCUT2D eigenvalue weighted by molar-refractivity contribution is 14.1. The molecule has 84 valence electrons. The minimum Gasteiger partial charge on any atom is -0.453 e. The highest BCUT2D eigenvalue weighted by Gasteiger charge is 2.14. The fourth-order valence-corrected chi connectivity index (χ4v) is 2.59. The summed E-state index contributed by atoms with van der Waals surface area (Å²) >= 11 is 8.12. The summed E-state index contributed by atoms with van der Waals surface area (Å²) in [5.41, 5.74) is 2.52. The lowest BCUT2D eigenvalue weighted by atomic mass is 10.2. The van der Waals surface area contributed by atoms with Gasteiger partial charge in [0.2, 0.25) is 0 Å². The summed E-state index contributed by atoms with van der Waals surface area (Å²) < 4.78 is 6.77. The Hall–Kier alpha value is -1.14. The first kappa shape index (κ1) is 11.0. The minimum atomic E-state index is 0.573. The van der Waals surface area contributed by atoms with E-state index in [1.54, 1.807) is 24.7 Å². The third kappa shape index (κ3) is 1.91. The second-order valence-corrected chi connectivity index (χ2v) is 5.00. The Bertz CT molecular complexity index is 682. The van der Waals surface area contributed by atoms with Crippen LogP contribution in [0.25, 0.3) is 22.4 Å². The van der Waals surface area contributed by atoms with Crippen LogP contribution in [0.3, 0.4) is 0 Å². The van der Waals surface area contributed by atoms with Crippen LogP contribution >= 0.6 is 34.2 Å². The van der Waals surface area contributed by atoms with Crippen molar-refractivity contribution in [1.82, 2.24) is 9.97 Å². The van der Waals surface area contributed by atoms with E-state index in [0.717, 1.165) is 20.4 Å². The van der Waals surface area contributed by atoms with Gasteiger partial charge in [0.05, 0.1) is 8.59 Å². The zero-order valence-electron chi connectivity index (χ0n) is 8.52. The molecule has 0 fully saturated rings. The van der Waals surface area contributed by atoms with Gasteiger partial charge in [-0.2, -0.15) is 0 Å². The number of pyridine rings is 2. The quantitative estimate of drug-likeness (QED) is 0.615. The zero-order valence-corrected chi connectivity index (χ0v) is 11.4. The fourth-order valence-electron chi connectivity index (χ4n) is 1.61. The molecule has 3 heterocycles. The molecule has 0 spiro atoms. The summed E-state index contributed by atoms with van der Waals surface area (Å²) in [5, 5.41) is 0.573. The summed E-state index contributed by atoms with van der Waals surface area (Å²) in [6.07, 6.45) is 5.09. The molecular weight excluding hydrogens is 351 g/mol. The fraction of sp³-hybridized carbons (Fsp3) is 0. The van der Waals surface area contributed by atoms with Gasteiger partial charge in [0, 0.05) is 30.2 Å².